The Kier molecular flexibility index (Phi) is 2.63. The van der Waals surface area contributed by atoms with E-state index in [9.17, 15) is 14.4 Å². The van der Waals surface area contributed by atoms with E-state index in [2.05, 4.69) is 12.2 Å². The molecule has 0 spiro atoms. The maximum Gasteiger partial charge on any atom is 0.335 e. The molecule has 1 heterocycles. The van der Waals surface area contributed by atoms with E-state index in [4.69, 9.17) is 5.11 Å². The van der Waals surface area contributed by atoms with Crippen LogP contribution in [0.15, 0.2) is 36.4 Å². The average Bonchev–Trinajstić information content (AvgIpc) is 3.40. The molecule has 0 radical (unpaired) electrons. The summed E-state index contributed by atoms with van der Waals surface area (Å²) in [5.74, 6) is 1.58. The summed E-state index contributed by atoms with van der Waals surface area (Å²) in [6.45, 7) is 0. The molecular weight excluding hydrogens is 330 g/mol. The Morgan fingerprint density at radius 1 is 0.885 bits per heavy atom. The Labute approximate surface area is 150 Å². The van der Waals surface area contributed by atoms with Crippen LogP contribution in [-0.2, 0) is 9.59 Å². The van der Waals surface area contributed by atoms with E-state index < -0.39 is 5.97 Å². The zero-order chi connectivity index (χ0) is 17.7. The van der Waals surface area contributed by atoms with Crippen LogP contribution >= 0.6 is 0 Å². The van der Waals surface area contributed by atoms with Gasteiger partial charge in [-0.05, 0) is 72.6 Å². The van der Waals surface area contributed by atoms with E-state index in [1.807, 2.05) is 0 Å². The summed E-state index contributed by atoms with van der Waals surface area (Å²) in [6.07, 6.45) is 6.92. The molecule has 1 aliphatic heterocycles. The first-order valence-electron chi connectivity index (χ1n) is 9.46. The number of aromatic carboxylic acids is 1. The Morgan fingerprint density at radius 3 is 1.92 bits per heavy atom. The van der Waals surface area contributed by atoms with Crippen LogP contribution in [0.4, 0.5) is 5.69 Å². The number of benzene rings is 1. The van der Waals surface area contributed by atoms with Gasteiger partial charge in [0.25, 0.3) is 0 Å². The molecule has 3 saturated carbocycles. The van der Waals surface area contributed by atoms with Crippen molar-refractivity contribution in [2.75, 3.05) is 4.90 Å². The van der Waals surface area contributed by atoms with Crippen LogP contribution in [0.3, 0.4) is 0 Å². The van der Waals surface area contributed by atoms with Crippen molar-refractivity contribution in [1.29, 1.82) is 0 Å². The summed E-state index contributed by atoms with van der Waals surface area (Å²) in [4.78, 5) is 38.7. The number of hydrogen-bond donors (Lipinski definition) is 1. The molecule has 132 valence electrons. The molecule has 5 heteroatoms. The molecule has 1 saturated heterocycles. The van der Waals surface area contributed by atoms with Crippen molar-refractivity contribution < 1.29 is 19.5 Å². The van der Waals surface area contributed by atoms with Crippen molar-refractivity contribution in [3.05, 3.63) is 42.0 Å². The van der Waals surface area contributed by atoms with Gasteiger partial charge in [0.05, 0.1) is 23.1 Å². The van der Waals surface area contributed by atoms with E-state index in [1.165, 1.54) is 23.5 Å². The van der Waals surface area contributed by atoms with Gasteiger partial charge in [-0.1, -0.05) is 12.2 Å². The topological polar surface area (TPSA) is 74.7 Å². The van der Waals surface area contributed by atoms with Gasteiger partial charge in [0, 0.05) is 0 Å². The Morgan fingerprint density at radius 2 is 1.42 bits per heavy atom. The molecule has 4 aliphatic carbocycles. The van der Waals surface area contributed by atoms with Gasteiger partial charge in [0.1, 0.15) is 0 Å². The minimum Gasteiger partial charge on any atom is -0.478 e. The number of nitrogens with zero attached hydrogens (tertiary/aromatic N) is 1. The monoisotopic (exact) mass is 349 g/mol. The van der Waals surface area contributed by atoms with Crippen LogP contribution in [0.5, 0.6) is 0 Å². The first-order valence-corrected chi connectivity index (χ1v) is 9.46. The van der Waals surface area contributed by atoms with Crippen molar-refractivity contribution in [2.24, 2.45) is 47.3 Å². The van der Waals surface area contributed by atoms with Crippen LogP contribution in [0.2, 0.25) is 0 Å². The van der Waals surface area contributed by atoms with Crippen LogP contribution < -0.4 is 4.90 Å². The fourth-order valence-corrected chi connectivity index (χ4v) is 7.13. The van der Waals surface area contributed by atoms with E-state index >= 15 is 0 Å². The molecule has 1 aromatic carbocycles. The van der Waals surface area contributed by atoms with E-state index in [0.29, 0.717) is 41.2 Å². The maximum absolute atomic E-state index is 13.2. The summed E-state index contributed by atoms with van der Waals surface area (Å²) in [7, 11) is 0. The first kappa shape index (κ1) is 14.7. The molecule has 5 nitrogen and oxygen atoms in total. The van der Waals surface area contributed by atoms with Crippen molar-refractivity contribution >= 4 is 23.5 Å². The summed E-state index contributed by atoms with van der Waals surface area (Å²) in [6, 6.07) is 6.07. The lowest BCUT2D eigenvalue weighted by Crippen LogP contribution is -2.38. The third-order valence-electron chi connectivity index (χ3n) is 7.81. The number of amides is 2. The van der Waals surface area contributed by atoms with Crippen LogP contribution in [0.1, 0.15) is 23.2 Å². The smallest absolute Gasteiger partial charge is 0.335 e. The highest BCUT2D eigenvalue weighted by Crippen LogP contribution is 2.70. The van der Waals surface area contributed by atoms with Crippen molar-refractivity contribution in [3.8, 4) is 0 Å². The molecule has 2 amide bonds. The summed E-state index contributed by atoms with van der Waals surface area (Å²) in [5, 5.41) is 9.05. The molecule has 1 aromatic rings. The Balaban J connectivity index is 1.36. The number of allylic oxidation sites excluding steroid dienone is 2. The number of hydrogen-bond acceptors (Lipinski definition) is 3. The van der Waals surface area contributed by atoms with Crippen molar-refractivity contribution in [1.82, 2.24) is 0 Å². The Hall–Kier alpha value is -2.43. The number of fused-ring (bicyclic) bond motifs is 12. The Bertz CT molecular complexity index is 846. The minimum absolute atomic E-state index is 0.0687. The number of carbonyl (C=O) groups excluding carboxylic acids is 2. The summed E-state index contributed by atoms with van der Waals surface area (Å²) >= 11 is 0. The average molecular weight is 349 g/mol. The predicted octanol–water partition coefficient (Wildman–Crippen LogP) is 2.58. The molecule has 8 unspecified atom stereocenters. The lowest BCUT2D eigenvalue weighted by atomic mass is 9.65. The number of imide groups is 1. The van der Waals surface area contributed by atoms with Gasteiger partial charge in [-0.3, -0.25) is 14.5 Å². The molecule has 4 fully saturated rings. The maximum atomic E-state index is 13.2. The van der Waals surface area contributed by atoms with Crippen LogP contribution in [0.25, 0.3) is 0 Å². The largest absolute Gasteiger partial charge is 0.478 e. The zero-order valence-electron chi connectivity index (χ0n) is 14.1. The first-order chi connectivity index (χ1) is 12.6. The number of carboxylic acid groups (broad SMARTS) is 1. The number of carbonyl (C=O) groups is 3. The zero-order valence-corrected chi connectivity index (χ0v) is 14.1. The molecule has 8 atom stereocenters. The third kappa shape index (κ3) is 1.56. The molecule has 4 bridgehead atoms. The van der Waals surface area contributed by atoms with Crippen molar-refractivity contribution in [2.45, 2.75) is 12.8 Å². The van der Waals surface area contributed by atoms with E-state index in [-0.39, 0.29) is 29.2 Å². The van der Waals surface area contributed by atoms with Gasteiger partial charge >= 0.3 is 5.97 Å². The highest BCUT2D eigenvalue weighted by atomic mass is 16.4. The highest BCUT2D eigenvalue weighted by Gasteiger charge is 2.71. The summed E-state index contributed by atoms with van der Waals surface area (Å²) in [5.41, 5.74) is 0.662. The molecule has 5 aliphatic rings. The normalized spacial score (nSPS) is 44.1. The minimum atomic E-state index is -1.01. The van der Waals surface area contributed by atoms with E-state index in [1.54, 1.807) is 12.1 Å². The second-order valence-electron chi connectivity index (χ2n) is 8.58. The number of rotatable bonds is 2. The lowest BCUT2D eigenvalue weighted by molar-refractivity contribution is -0.123. The summed E-state index contributed by atoms with van der Waals surface area (Å²) < 4.78 is 0. The van der Waals surface area contributed by atoms with Gasteiger partial charge in [0.15, 0.2) is 0 Å². The highest BCUT2D eigenvalue weighted by molar-refractivity contribution is 6.22. The standard InChI is InChI=1S/C21H19NO4/c23-19-17-13-8-14(16-11-2-1-10(7-11)15(13)16)18(17)20(24)22(19)12-5-3-9(4-6-12)21(25)26/h1-6,10-11,13-18H,7-8H2,(H,25,26). The van der Waals surface area contributed by atoms with Gasteiger partial charge in [-0.25, -0.2) is 4.79 Å². The van der Waals surface area contributed by atoms with Gasteiger partial charge in [-0.2, -0.15) is 0 Å². The second kappa shape index (κ2) is 4.64. The van der Waals surface area contributed by atoms with Gasteiger partial charge in [0.2, 0.25) is 11.8 Å². The van der Waals surface area contributed by atoms with Crippen LogP contribution in [-0.4, -0.2) is 22.9 Å². The number of anilines is 1. The fraction of sp³-hybridized carbons (Fsp3) is 0.476. The second-order valence-corrected chi connectivity index (χ2v) is 8.58. The van der Waals surface area contributed by atoms with Gasteiger partial charge < -0.3 is 5.11 Å². The van der Waals surface area contributed by atoms with Gasteiger partial charge in [-0.15, -0.1) is 0 Å². The predicted molar refractivity (Wildman–Crippen MR) is 92.2 cm³/mol. The number of carboxylic acids is 1. The van der Waals surface area contributed by atoms with Crippen molar-refractivity contribution in [3.63, 3.8) is 0 Å². The molecule has 1 N–H and O–H groups in total. The molecule has 0 aromatic heterocycles. The SMILES string of the molecule is O=C(O)c1ccc(N2C(=O)C3C4CC(C3C2=O)C2C3C=CC(C3)C42)cc1. The van der Waals surface area contributed by atoms with E-state index in [0.717, 1.165) is 6.42 Å². The van der Waals surface area contributed by atoms with Crippen LogP contribution in [0, 0.1) is 47.3 Å². The molecule has 6 rings (SSSR count). The third-order valence-corrected chi connectivity index (χ3v) is 7.81. The lowest BCUT2D eigenvalue weighted by Gasteiger charge is -2.36. The fourth-order valence-electron chi connectivity index (χ4n) is 7.13. The quantitative estimate of drug-likeness (QED) is 0.506. The molecule has 26 heavy (non-hydrogen) atoms. The molecular formula is C21H19NO4.